The molecule has 0 atom stereocenters. The van der Waals surface area contributed by atoms with Gasteiger partial charge in [0.1, 0.15) is 6.67 Å². The molecule has 11 heavy (non-hydrogen) atoms. The molecule has 0 aliphatic rings. The summed E-state index contributed by atoms with van der Waals surface area (Å²) < 4.78 is 12.0. The van der Waals surface area contributed by atoms with E-state index >= 15 is 0 Å². The van der Waals surface area contributed by atoms with Crippen molar-refractivity contribution < 1.29 is 4.39 Å². The van der Waals surface area contributed by atoms with Crippen molar-refractivity contribution in [3.63, 3.8) is 0 Å². The number of rotatable bonds is 1. The molecule has 56 valence electrons. The highest BCUT2D eigenvalue weighted by Crippen LogP contribution is 2.05. The number of hydrogen-bond acceptors (Lipinski definition) is 2. The number of hydrogen-bond donors (Lipinski definition) is 0. The van der Waals surface area contributed by atoms with Gasteiger partial charge < -0.3 is 0 Å². The topological polar surface area (TPSA) is 36.7 Å². The quantitative estimate of drug-likeness (QED) is 0.611. The summed E-state index contributed by atoms with van der Waals surface area (Å²) in [4.78, 5) is 3.87. The first-order valence-corrected chi connectivity index (χ1v) is 3.20. The molecule has 2 nitrogen and oxygen atoms in total. The van der Waals surface area contributed by atoms with Crippen LogP contribution >= 0.6 is 0 Å². The normalized spacial score (nSPS) is 9.18. The van der Waals surface area contributed by atoms with Gasteiger partial charge in [-0.2, -0.15) is 5.26 Å². The molecule has 1 aromatic rings. The third-order valence-electron chi connectivity index (χ3n) is 1.27. The van der Waals surface area contributed by atoms with Crippen LogP contribution in [-0.4, -0.2) is 4.98 Å². The fourth-order valence-corrected chi connectivity index (χ4v) is 0.870. The molecule has 0 N–H and O–H groups in total. The molecular formula is C8H7FN2. The molecule has 0 fully saturated rings. The van der Waals surface area contributed by atoms with Gasteiger partial charge in [-0.3, -0.25) is 4.98 Å². The number of aromatic nitrogens is 1. The summed E-state index contributed by atoms with van der Waals surface area (Å²) in [5.41, 5.74) is 1.46. The molecule has 0 aliphatic heterocycles. The Hall–Kier alpha value is -1.43. The van der Waals surface area contributed by atoms with Crippen LogP contribution in [0.5, 0.6) is 0 Å². The van der Waals surface area contributed by atoms with Gasteiger partial charge in [0.05, 0.1) is 17.3 Å². The Labute approximate surface area is 64.3 Å². The van der Waals surface area contributed by atoms with Gasteiger partial charge in [-0.25, -0.2) is 4.39 Å². The molecule has 0 aliphatic carbocycles. The van der Waals surface area contributed by atoms with Gasteiger partial charge in [0.25, 0.3) is 0 Å². The van der Waals surface area contributed by atoms with E-state index in [0.717, 1.165) is 0 Å². The van der Waals surface area contributed by atoms with Crippen molar-refractivity contribution >= 4 is 0 Å². The average Bonchev–Trinajstić information content (AvgIpc) is 2.03. The first-order chi connectivity index (χ1) is 5.26. The fraction of sp³-hybridized carbons (Fsp3) is 0.250. The number of pyridine rings is 1. The van der Waals surface area contributed by atoms with E-state index in [-0.39, 0.29) is 0 Å². The molecule has 1 heterocycles. The SMILES string of the molecule is Cc1cc(C#N)cc(CF)n1. The summed E-state index contributed by atoms with van der Waals surface area (Å²) in [6.07, 6.45) is 0. The monoisotopic (exact) mass is 150 g/mol. The summed E-state index contributed by atoms with van der Waals surface area (Å²) in [6.45, 7) is 1.12. The predicted molar refractivity (Wildman–Crippen MR) is 38.5 cm³/mol. The van der Waals surface area contributed by atoms with Gasteiger partial charge in [-0.15, -0.1) is 0 Å². The van der Waals surface area contributed by atoms with Crippen LogP contribution < -0.4 is 0 Å². The van der Waals surface area contributed by atoms with Crippen LogP contribution in [0.2, 0.25) is 0 Å². The highest BCUT2D eigenvalue weighted by atomic mass is 19.1. The molecule has 0 amide bonds. The van der Waals surface area contributed by atoms with Gasteiger partial charge in [-0.1, -0.05) is 0 Å². The zero-order valence-corrected chi connectivity index (χ0v) is 6.13. The van der Waals surface area contributed by atoms with E-state index < -0.39 is 6.67 Å². The zero-order chi connectivity index (χ0) is 8.27. The number of alkyl halides is 1. The van der Waals surface area contributed by atoms with Gasteiger partial charge in [-0.05, 0) is 19.1 Å². The lowest BCUT2D eigenvalue weighted by Crippen LogP contribution is -1.90. The second kappa shape index (κ2) is 3.11. The van der Waals surface area contributed by atoms with Crippen LogP contribution in [0, 0.1) is 18.3 Å². The third kappa shape index (κ3) is 1.74. The van der Waals surface area contributed by atoms with E-state index in [1.54, 1.807) is 13.0 Å². The summed E-state index contributed by atoms with van der Waals surface area (Å²) >= 11 is 0. The van der Waals surface area contributed by atoms with Gasteiger partial charge >= 0.3 is 0 Å². The van der Waals surface area contributed by atoms with Crippen molar-refractivity contribution in [1.82, 2.24) is 4.98 Å². The Kier molecular flexibility index (Phi) is 2.17. The summed E-state index contributed by atoms with van der Waals surface area (Å²) in [7, 11) is 0. The summed E-state index contributed by atoms with van der Waals surface area (Å²) in [6, 6.07) is 5.01. The molecule has 1 rings (SSSR count). The van der Waals surface area contributed by atoms with E-state index in [0.29, 0.717) is 17.0 Å². The standard InChI is InChI=1S/C8H7FN2/c1-6-2-7(5-10)3-8(4-9)11-6/h2-3H,4H2,1H3. The highest BCUT2D eigenvalue weighted by Gasteiger charge is 1.97. The second-order valence-electron chi connectivity index (χ2n) is 2.23. The Bertz CT molecular complexity index is 301. The maximum absolute atomic E-state index is 12.0. The van der Waals surface area contributed by atoms with Crippen molar-refractivity contribution in [3.05, 3.63) is 29.1 Å². The van der Waals surface area contributed by atoms with E-state index in [2.05, 4.69) is 4.98 Å². The van der Waals surface area contributed by atoms with E-state index in [1.807, 2.05) is 6.07 Å². The van der Waals surface area contributed by atoms with Crippen LogP contribution in [0.3, 0.4) is 0 Å². The minimum atomic E-state index is -0.615. The largest absolute Gasteiger partial charge is 0.255 e. The third-order valence-corrected chi connectivity index (χ3v) is 1.27. The Morgan fingerprint density at radius 3 is 2.91 bits per heavy atom. The Balaban J connectivity index is 3.15. The first-order valence-electron chi connectivity index (χ1n) is 3.20. The molecule has 1 aromatic heterocycles. The minimum Gasteiger partial charge on any atom is -0.255 e. The van der Waals surface area contributed by atoms with E-state index in [4.69, 9.17) is 5.26 Å². The molecular weight excluding hydrogens is 143 g/mol. The van der Waals surface area contributed by atoms with Crippen LogP contribution in [-0.2, 0) is 6.67 Å². The predicted octanol–water partition coefficient (Wildman–Crippen LogP) is 1.73. The fourth-order valence-electron chi connectivity index (χ4n) is 0.870. The highest BCUT2D eigenvalue weighted by molar-refractivity contribution is 5.31. The number of nitriles is 1. The lowest BCUT2D eigenvalue weighted by Gasteiger charge is -1.96. The van der Waals surface area contributed by atoms with Gasteiger partial charge in [0, 0.05) is 5.69 Å². The molecule has 0 radical (unpaired) electrons. The summed E-state index contributed by atoms with van der Waals surface area (Å²) in [5, 5.41) is 8.48. The molecule has 0 saturated heterocycles. The first kappa shape index (κ1) is 7.67. The van der Waals surface area contributed by atoms with Crippen molar-refractivity contribution in [1.29, 1.82) is 5.26 Å². The van der Waals surface area contributed by atoms with E-state index in [9.17, 15) is 4.39 Å². The van der Waals surface area contributed by atoms with Crippen molar-refractivity contribution in [2.24, 2.45) is 0 Å². The average molecular weight is 150 g/mol. The van der Waals surface area contributed by atoms with Crippen molar-refractivity contribution in [3.8, 4) is 6.07 Å². The van der Waals surface area contributed by atoms with Crippen LogP contribution in [0.15, 0.2) is 12.1 Å². The Morgan fingerprint density at radius 1 is 1.64 bits per heavy atom. The van der Waals surface area contributed by atoms with Crippen LogP contribution in [0.1, 0.15) is 17.0 Å². The molecule has 0 unspecified atom stereocenters. The number of nitrogens with zero attached hydrogens (tertiary/aromatic N) is 2. The lowest BCUT2D eigenvalue weighted by atomic mass is 10.2. The molecule has 0 bridgehead atoms. The summed E-state index contributed by atoms with van der Waals surface area (Å²) in [5.74, 6) is 0. The smallest absolute Gasteiger partial charge is 0.131 e. The number of aryl methyl sites for hydroxylation is 1. The number of halogens is 1. The van der Waals surface area contributed by atoms with Gasteiger partial charge in [0.2, 0.25) is 0 Å². The molecule has 0 spiro atoms. The maximum Gasteiger partial charge on any atom is 0.131 e. The molecule has 0 aromatic carbocycles. The van der Waals surface area contributed by atoms with Crippen molar-refractivity contribution in [2.45, 2.75) is 13.6 Å². The minimum absolute atomic E-state index is 0.321. The molecule has 3 heteroatoms. The van der Waals surface area contributed by atoms with Crippen molar-refractivity contribution in [2.75, 3.05) is 0 Å². The van der Waals surface area contributed by atoms with Crippen LogP contribution in [0.25, 0.3) is 0 Å². The molecule has 0 saturated carbocycles. The Morgan fingerprint density at radius 2 is 2.36 bits per heavy atom. The van der Waals surface area contributed by atoms with Crippen LogP contribution in [0.4, 0.5) is 4.39 Å². The lowest BCUT2D eigenvalue weighted by molar-refractivity contribution is 0.475. The van der Waals surface area contributed by atoms with Gasteiger partial charge in [0.15, 0.2) is 0 Å². The van der Waals surface area contributed by atoms with E-state index in [1.165, 1.54) is 6.07 Å². The zero-order valence-electron chi connectivity index (χ0n) is 6.13. The maximum atomic E-state index is 12.0. The second-order valence-corrected chi connectivity index (χ2v) is 2.23.